The zero-order valence-corrected chi connectivity index (χ0v) is 13.2. The van der Waals surface area contributed by atoms with Gasteiger partial charge in [0.25, 0.3) is 0 Å². The van der Waals surface area contributed by atoms with Gasteiger partial charge in [0, 0.05) is 30.4 Å². The standard InChI is InChI=1S/C17H21F2NO3/c1-10-7-12(21)4-5-13(10)16(22)20-9-17(2,23)14-6-3-11(18)8-15(14)19/h3,6,8,10,13,23H,4-5,7,9H2,1-2H3,(H,20,22). The molecule has 3 unspecified atom stereocenters. The number of halogens is 2. The zero-order valence-electron chi connectivity index (χ0n) is 13.2. The van der Waals surface area contributed by atoms with E-state index in [1.54, 1.807) is 0 Å². The SMILES string of the molecule is CC1CC(=O)CCC1C(=O)NCC(C)(O)c1ccc(F)cc1F. The van der Waals surface area contributed by atoms with Gasteiger partial charge < -0.3 is 10.4 Å². The van der Waals surface area contributed by atoms with E-state index in [2.05, 4.69) is 5.32 Å². The molecule has 1 fully saturated rings. The van der Waals surface area contributed by atoms with Gasteiger partial charge >= 0.3 is 0 Å². The third-order valence-electron chi connectivity index (χ3n) is 4.43. The molecule has 2 rings (SSSR count). The maximum atomic E-state index is 13.8. The van der Waals surface area contributed by atoms with Gasteiger partial charge in [0.15, 0.2) is 0 Å². The second-order valence-electron chi connectivity index (χ2n) is 6.48. The van der Waals surface area contributed by atoms with Gasteiger partial charge in [-0.1, -0.05) is 13.0 Å². The first-order valence-electron chi connectivity index (χ1n) is 7.68. The summed E-state index contributed by atoms with van der Waals surface area (Å²) >= 11 is 0. The van der Waals surface area contributed by atoms with Crippen molar-refractivity contribution in [3.63, 3.8) is 0 Å². The molecule has 1 amide bonds. The van der Waals surface area contributed by atoms with Crippen molar-refractivity contribution in [2.75, 3.05) is 6.54 Å². The highest BCUT2D eigenvalue weighted by molar-refractivity contribution is 5.85. The van der Waals surface area contributed by atoms with Crippen LogP contribution in [0.5, 0.6) is 0 Å². The predicted octanol–water partition coefficient (Wildman–Crippen LogP) is 2.29. The molecule has 0 saturated heterocycles. The molecule has 0 aliphatic heterocycles. The molecule has 1 aliphatic rings. The summed E-state index contributed by atoms with van der Waals surface area (Å²) in [4.78, 5) is 23.6. The molecule has 0 radical (unpaired) electrons. The van der Waals surface area contributed by atoms with E-state index in [0.29, 0.717) is 25.3 Å². The Labute approximate surface area is 133 Å². The van der Waals surface area contributed by atoms with Crippen LogP contribution in [-0.2, 0) is 15.2 Å². The smallest absolute Gasteiger partial charge is 0.223 e. The average molecular weight is 325 g/mol. The summed E-state index contributed by atoms with van der Waals surface area (Å²) in [6, 6.07) is 2.92. The van der Waals surface area contributed by atoms with Crippen LogP contribution >= 0.6 is 0 Å². The number of Topliss-reactive ketones (excluding diaryl/α,β-unsaturated/α-hetero) is 1. The first kappa shape index (κ1) is 17.5. The monoisotopic (exact) mass is 325 g/mol. The Morgan fingerprint density at radius 1 is 1.43 bits per heavy atom. The number of amides is 1. The molecule has 1 aliphatic carbocycles. The first-order chi connectivity index (χ1) is 10.7. The molecule has 6 heteroatoms. The molecule has 2 N–H and O–H groups in total. The van der Waals surface area contributed by atoms with Gasteiger partial charge in [-0.25, -0.2) is 8.78 Å². The first-order valence-corrected chi connectivity index (χ1v) is 7.68. The quantitative estimate of drug-likeness (QED) is 0.893. The summed E-state index contributed by atoms with van der Waals surface area (Å²) in [7, 11) is 0. The van der Waals surface area contributed by atoms with E-state index in [4.69, 9.17) is 0 Å². The van der Waals surface area contributed by atoms with Gasteiger partial charge in [0.1, 0.15) is 23.0 Å². The lowest BCUT2D eigenvalue weighted by Crippen LogP contribution is -2.44. The maximum Gasteiger partial charge on any atom is 0.223 e. The number of hydrogen-bond acceptors (Lipinski definition) is 3. The van der Waals surface area contributed by atoms with Crippen LogP contribution in [-0.4, -0.2) is 23.3 Å². The average Bonchev–Trinajstić information content (AvgIpc) is 2.44. The molecule has 0 heterocycles. The van der Waals surface area contributed by atoms with E-state index < -0.39 is 17.2 Å². The van der Waals surface area contributed by atoms with Crippen molar-refractivity contribution < 1.29 is 23.5 Å². The molecule has 1 saturated carbocycles. The van der Waals surface area contributed by atoms with Crippen LogP contribution < -0.4 is 5.32 Å². The van der Waals surface area contributed by atoms with Crippen LogP contribution in [0.1, 0.15) is 38.7 Å². The summed E-state index contributed by atoms with van der Waals surface area (Å²) in [5, 5.41) is 13.0. The third-order valence-corrected chi connectivity index (χ3v) is 4.43. The van der Waals surface area contributed by atoms with Crippen LogP contribution in [0.25, 0.3) is 0 Å². The second kappa shape index (κ2) is 6.74. The van der Waals surface area contributed by atoms with E-state index in [1.165, 1.54) is 13.0 Å². The number of aliphatic hydroxyl groups is 1. The maximum absolute atomic E-state index is 13.8. The van der Waals surface area contributed by atoms with Crippen molar-refractivity contribution in [2.24, 2.45) is 11.8 Å². The Kier molecular flexibility index (Phi) is 5.14. The number of carbonyl (C=O) groups excluding carboxylic acids is 2. The predicted molar refractivity (Wildman–Crippen MR) is 80.5 cm³/mol. The fraction of sp³-hybridized carbons (Fsp3) is 0.529. The van der Waals surface area contributed by atoms with Crippen LogP contribution in [0.2, 0.25) is 0 Å². The van der Waals surface area contributed by atoms with E-state index in [9.17, 15) is 23.5 Å². The Morgan fingerprint density at radius 3 is 2.74 bits per heavy atom. The number of hydrogen-bond donors (Lipinski definition) is 2. The normalized spacial score (nSPS) is 24.1. The summed E-state index contributed by atoms with van der Waals surface area (Å²) in [5.74, 6) is -2.03. The summed E-state index contributed by atoms with van der Waals surface area (Å²) < 4.78 is 26.7. The molecular formula is C17H21F2NO3. The molecule has 4 nitrogen and oxygen atoms in total. The van der Waals surface area contributed by atoms with Crippen molar-refractivity contribution >= 4 is 11.7 Å². The van der Waals surface area contributed by atoms with Crippen molar-refractivity contribution in [3.05, 3.63) is 35.4 Å². The second-order valence-corrected chi connectivity index (χ2v) is 6.48. The minimum absolute atomic E-state index is 0.0521. The van der Waals surface area contributed by atoms with Crippen LogP contribution in [0.3, 0.4) is 0 Å². The van der Waals surface area contributed by atoms with Gasteiger partial charge in [0.2, 0.25) is 5.91 Å². The highest BCUT2D eigenvalue weighted by Crippen LogP contribution is 2.28. The number of benzene rings is 1. The lowest BCUT2D eigenvalue weighted by Gasteiger charge is -2.29. The largest absolute Gasteiger partial charge is 0.383 e. The summed E-state index contributed by atoms with van der Waals surface area (Å²) in [5.41, 5.74) is -1.73. The molecule has 0 aromatic heterocycles. The Morgan fingerprint density at radius 2 is 2.13 bits per heavy atom. The highest BCUT2D eigenvalue weighted by atomic mass is 19.1. The molecule has 23 heavy (non-hydrogen) atoms. The van der Waals surface area contributed by atoms with Gasteiger partial charge in [-0.3, -0.25) is 9.59 Å². The number of rotatable bonds is 4. The number of ketones is 1. The minimum atomic E-state index is -1.65. The van der Waals surface area contributed by atoms with Crippen molar-refractivity contribution in [1.29, 1.82) is 0 Å². The molecule has 0 spiro atoms. The number of nitrogens with one attached hydrogen (secondary N) is 1. The van der Waals surface area contributed by atoms with Crippen molar-refractivity contribution in [3.8, 4) is 0 Å². The zero-order chi connectivity index (χ0) is 17.2. The lowest BCUT2D eigenvalue weighted by atomic mass is 9.79. The van der Waals surface area contributed by atoms with E-state index in [-0.39, 0.29) is 35.6 Å². The Bertz CT molecular complexity index is 616. The number of carbonyl (C=O) groups is 2. The molecular weight excluding hydrogens is 304 g/mol. The molecule has 1 aromatic rings. The Hall–Kier alpha value is -1.82. The van der Waals surface area contributed by atoms with Gasteiger partial charge in [-0.15, -0.1) is 0 Å². The highest BCUT2D eigenvalue weighted by Gasteiger charge is 2.33. The molecule has 0 bridgehead atoms. The summed E-state index contributed by atoms with van der Waals surface area (Å²) in [6.07, 6.45) is 1.24. The van der Waals surface area contributed by atoms with E-state index in [1.807, 2.05) is 6.92 Å². The van der Waals surface area contributed by atoms with Crippen molar-refractivity contribution in [2.45, 2.75) is 38.7 Å². The summed E-state index contributed by atoms with van der Waals surface area (Å²) in [6.45, 7) is 3.02. The van der Waals surface area contributed by atoms with E-state index >= 15 is 0 Å². The molecule has 1 aromatic carbocycles. The van der Waals surface area contributed by atoms with Crippen LogP contribution in [0.4, 0.5) is 8.78 Å². The fourth-order valence-electron chi connectivity index (χ4n) is 3.01. The lowest BCUT2D eigenvalue weighted by molar-refractivity contribution is -0.131. The van der Waals surface area contributed by atoms with Crippen molar-refractivity contribution in [1.82, 2.24) is 5.32 Å². The molecule has 3 atom stereocenters. The topological polar surface area (TPSA) is 66.4 Å². The van der Waals surface area contributed by atoms with Gasteiger partial charge in [-0.2, -0.15) is 0 Å². The van der Waals surface area contributed by atoms with Crippen LogP contribution in [0, 0.1) is 23.5 Å². The third kappa shape index (κ3) is 4.13. The van der Waals surface area contributed by atoms with Gasteiger partial charge in [0.05, 0.1) is 6.54 Å². The minimum Gasteiger partial charge on any atom is -0.383 e. The Balaban J connectivity index is 2.01. The fourth-order valence-corrected chi connectivity index (χ4v) is 3.01. The van der Waals surface area contributed by atoms with Crippen LogP contribution in [0.15, 0.2) is 18.2 Å². The van der Waals surface area contributed by atoms with Gasteiger partial charge in [-0.05, 0) is 25.3 Å². The molecule has 126 valence electrons. The van der Waals surface area contributed by atoms with E-state index in [0.717, 1.165) is 6.07 Å².